The van der Waals surface area contributed by atoms with Gasteiger partial charge >= 0.3 is 0 Å². The summed E-state index contributed by atoms with van der Waals surface area (Å²) in [5.41, 5.74) is 0. The van der Waals surface area contributed by atoms with Crippen LogP contribution in [0.2, 0.25) is 0 Å². The maximum Gasteiger partial charge on any atom is 0.183 e. The van der Waals surface area contributed by atoms with Crippen molar-refractivity contribution in [3.63, 3.8) is 0 Å². The van der Waals surface area contributed by atoms with Gasteiger partial charge in [-0.15, -0.1) is 0 Å². The zero-order valence-electron chi connectivity index (χ0n) is 19.2. The Morgan fingerprint density at radius 2 is 1.00 bits per heavy atom. The number of aliphatic hydroxyl groups excluding tert-OH is 4. The maximum atomic E-state index is 9.91. The van der Waals surface area contributed by atoms with Crippen molar-refractivity contribution in [1.29, 1.82) is 0 Å². The van der Waals surface area contributed by atoms with E-state index in [1.165, 1.54) is 96.3 Å². The molecule has 0 aliphatic carbocycles. The van der Waals surface area contributed by atoms with E-state index in [4.69, 9.17) is 4.74 Å². The quantitative estimate of drug-likeness (QED) is 0.213. The molecule has 0 spiro atoms. The van der Waals surface area contributed by atoms with E-state index in [0.717, 1.165) is 12.2 Å². The second kappa shape index (κ2) is 18.7. The first-order valence-corrected chi connectivity index (χ1v) is 13.7. The molecule has 1 aliphatic heterocycles. The molecule has 4 N–H and O–H groups in total. The highest BCUT2D eigenvalue weighted by molar-refractivity contribution is 7.99. The molecule has 6 heteroatoms. The van der Waals surface area contributed by atoms with E-state index in [1.807, 2.05) is 0 Å². The van der Waals surface area contributed by atoms with Gasteiger partial charge in [0.25, 0.3) is 0 Å². The van der Waals surface area contributed by atoms with Crippen molar-refractivity contribution in [1.82, 2.24) is 0 Å². The number of rotatable bonds is 19. The van der Waals surface area contributed by atoms with Crippen LogP contribution in [0.15, 0.2) is 0 Å². The van der Waals surface area contributed by atoms with Crippen LogP contribution in [0.1, 0.15) is 110 Å². The minimum Gasteiger partial charge on any atom is -0.388 e. The number of ether oxygens (including phenoxy) is 1. The van der Waals surface area contributed by atoms with Crippen LogP contribution in [0.4, 0.5) is 0 Å². The molecule has 1 saturated heterocycles. The third-order valence-corrected chi connectivity index (χ3v) is 7.25. The zero-order valence-corrected chi connectivity index (χ0v) is 20.0. The summed E-state index contributed by atoms with van der Waals surface area (Å²) in [6.45, 7) is 2.27. The Bertz CT molecular complexity index is 385. The Kier molecular flexibility index (Phi) is 17.6. The van der Waals surface area contributed by atoms with Gasteiger partial charge in [0, 0.05) is 5.75 Å². The molecule has 0 aromatic heterocycles. The fourth-order valence-corrected chi connectivity index (χ4v) is 5.10. The lowest BCUT2D eigenvalue weighted by molar-refractivity contribution is -0.276. The van der Waals surface area contributed by atoms with Gasteiger partial charge < -0.3 is 25.2 Å². The van der Waals surface area contributed by atoms with Gasteiger partial charge in [0.1, 0.15) is 18.3 Å². The molecule has 180 valence electrons. The van der Waals surface area contributed by atoms with E-state index in [1.54, 1.807) is 11.8 Å². The monoisotopic (exact) mass is 448 g/mol. The number of thioether (sulfide) groups is 1. The van der Waals surface area contributed by atoms with Gasteiger partial charge in [-0.3, -0.25) is 0 Å². The van der Waals surface area contributed by atoms with E-state index < -0.39 is 30.7 Å². The second-order valence-electron chi connectivity index (χ2n) is 8.92. The molecule has 0 saturated carbocycles. The molecule has 1 aliphatic rings. The van der Waals surface area contributed by atoms with E-state index in [-0.39, 0.29) is 0 Å². The maximum absolute atomic E-state index is 9.91. The Hall–Kier alpha value is 0.150. The van der Waals surface area contributed by atoms with Gasteiger partial charge in [-0.05, 0) is 12.2 Å². The van der Waals surface area contributed by atoms with Crippen molar-refractivity contribution >= 4 is 11.8 Å². The third-order valence-electron chi connectivity index (χ3n) is 6.11. The average molecular weight is 449 g/mol. The summed E-state index contributed by atoms with van der Waals surface area (Å²) < 4.78 is 5.19. The zero-order chi connectivity index (χ0) is 22.0. The molecule has 1 rings (SSSR count). The van der Waals surface area contributed by atoms with Gasteiger partial charge in [0.15, 0.2) is 6.29 Å². The Morgan fingerprint density at radius 3 is 1.47 bits per heavy atom. The lowest BCUT2D eigenvalue weighted by atomic mass is 10.0. The lowest BCUT2D eigenvalue weighted by Crippen LogP contribution is -2.58. The molecular formula is C24H48O5S. The first-order chi connectivity index (χ1) is 14.6. The molecule has 0 aromatic rings. The summed E-state index contributed by atoms with van der Waals surface area (Å²) in [5, 5.41) is 38.6. The molecule has 0 bridgehead atoms. The van der Waals surface area contributed by atoms with Crippen molar-refractivity contribution in [3.8, 4) is 0 Å². The summed E-state index contributed by atoms with van der Waals surface area (Å²) in [6, 6.07) is 0. The summed E-state index contributed by atoms with van der Waals surface area (Å²) in [6.07, 6.45) is 15.8. The van der Waals surface area contributed by atoms with Crippen LogP contribution in [0.3, 0.4) is 0 Å². The standard InChI is InChI=1S/C24H48O5S/c1-2-3-4-5-6-7-8-9-10-11-12-13-14-15-16-17-18-30-19-20-21(25)22(26)23(27)24(28)29-20/h20-28H,2-19H2,1H3/t20-,21+,22+,23-,24+/m1/s1. The highest BCUT2D eigenvalue weighted by atomic mass is 32.2. The van der Waals surface area contributed by atoms with E-state index in [9.17, 15) is 20.4 Å². The van der Waals surface area contributed by atoms with Crippen LogP contribution in [0, 0.1) is 0 Å². The van der Waals surface area contributed by atoms with E-state index in [2.05, 4.69) is 6.92 Å². The molecular weight excluding hydrogens is 400 g/mol. The van der Waals surface area contributed by atoms with Crippen molar-refractivity contribution in [2.45, 2.75) is 140 Å². The van der Waals surface area contributed by atoms with Gasteiger partial charge in [-0.1, -0.05) is 103 Å². The van der Waals surface area contributed by atoms with Crippen molar-refractivity contribution in [3.05, 3.63) is 0 Å². The van der Waals surface area contributed by atoms with Crippen LogP contribution in [0.5, 0.6) is 0 Å². The van der Waals surface area contributed by atoms with Crippen molar-refractivity contribution < 1.29 is 25.2 Å². The normalized spacial score (nSPS) is 26.9. The number of unbranched alkanes of at least 4 members (excludes halogenated alkanes) is 15. The minimum absolute atomic E-state index is 0.515. The van der Waals surface area contributed by atoms with Crippen LogP contribution in [-0.2, 0) is 4.74 Å². The molecule has 1 heterocycles. The second-order valence-corrected chi connectivity index (χ2v) is 10.1. The van der Waals surface area contributed by atoms with Gasteiger partial charge in [-0.25, -0.2) is 0 Å². The highest BCUT2D eigenvalue weighted by Gasteiger charge is 2.42. The third kappa shape index (κ3) is 12.9. The SMILES string of the molecule is CCCCCCCCCCCCCCCCCCSC[C@H]1O[C@H](O)[C@H](O)[C@@H](O)[C@H]1O. The minimum atomic E-state index is -1.44. The van der Waals surface area contributed by atoms with Crippen LogP contribution in [-0.4, -0.2) is 62.6 Å². The molecule has 0 radical (unpaired) electrons. The predicted octanol–water partition coefficient (Wildman–Crippen LogP) is 4.78. The number of aliphatic hydroxyl groups is 4. The summed E-state index contributed by atoms with van der Waals surface area (Å²) in [4.78, 5) is 0. The largest absolute Gasteiger partial charge is 0.388 e. The van der Waals surface area contributed by atoms with Gasteiger partial charge in [0.05, 0.1) is 6.10 Å². The lowest BCUT2D eigenvalue weighted by Gasteiger charge is -2.38. The average Bonchev–Trinajstić information content (AvgIpc) is 2.74. The molecule has 0 unspecified atom stereocenters. The molecule has 1 fully saturated rings. The Morgan fingerprint density at radius 1 is 0.567 bits per heavy atom. The van der Waals surface area contributed by atoms with Gasteiger partial charge in [0.2, 0.25) is 0 Å². The van der Waals surface area contributed by atoms with E-state index in [0.29, 0.717) is 5.75 Å². The van der Waals surface area contributed by atoms with E-state index >= 15 is 0 Å². The first-order valence-electron chi connectivity index (χ1n) is 12.5. The highest BCUT2D eigenvalue weighted by Crippen LogP contribution is 2.23. The summed E-state index contributed by atoms with van der Waals surface area (Å²) in [5.74, 6) is 1.50. The summed E-state index contributed by atoms with van der Waals surface area (Å²) in [7, 11) is 0. The fraction of sp³-hybridized carbons (Fsp3) is 1.00. The smallest absolute Gasteiger partial charge is 0.183 e. The molecule has 5 nitrogen and oxygen atoms in total. The Labute approximate surface area is 189 Å². The Balaban J connectivity index is 1.80. The van der Waals surface area contributed by atoms with Crippen LogP contribution in [0.25, 0.3) is 0 Å². The molecule has 0 amide bonds. The fourth-order valence-electron chi connectivity index (χ4n) is 4.02. The van der Waals surface area contributed by atoms with Crippen molar-refractivity contribution in [2.75, 3.05) is 11.5 Å². The molecule has 5 atom stereocenters. The van der Waals surface area contributed by atoms with Crippen LogP contribution >= 0.6 is 11.8 Å². The molecule has 0 aromatic carbocycles. The van der Waals surface area contributed by atoms with Crippen LogP contribution < -0.4 is 0 Å². The predicted molar refractivity (Wildman–Crippen MR) is 126 cm³/mol. The summed E-state index contributed by atoms with van der Waals surface area (Å²) >= 11 is 1.67. The molecule has 30 heavy (non-hydrogen) atoms. The topological polar surface area (TPSA) is 90.2 Å². The number of hydrogen-bond donors (Lipinski definition) is 4. The van der Waals surface area contributed by atoms with Crippen molar-refractivity contribution in [2.24, 2.45) is 0 Å². The number of hydrogen-bond acceptors (Lipinski definition) is 6. The first kappa shape index (κ1) is 28.2. The van der Waals surface area contributed by atoms with Gasteiger partial charge in [-0.2, -0.15) is 11.8 Å².